The quantitative estimate of drug-likeness (QED) is 0.142. The highest BCUT2D eigenvalue weighted by molar-refractivity contribution is 6.20. The first kappa shape index (κ1) is 42.1. The van der Waals surface area contributed by atoms with Crippen molar-refractivity contribution in [1.29, 1.82) is 0 Å². The first-order valence-electron chi connectivity index (χ1n) is 23.4. The van der Waals surface area contributed by atoms with Crippen molar-refractivity contribution in [2.75, 3.05) is 0 Å². The molecule has 68 heavy (non-hydrogen) atoms. The van der Waals surface area contributed by atoms with E-state index < -0.39 is 0 Å². The second-order valence-corrected chi connectivity index (χ2v) is 17.7. The molecule has 0 radical (unpaired) electrons. The number of hydrogen-bond donors (Lipinski definition) is 1. The minimum absolute atomic E-state index is 0.916. The van der Waals surface area contributed by atoms with Crippen molar-refractivity contribution in [2.24, 2.45) is 4.99 Å². The molecule has 2 heterocycles. The van der Waals surface area contributed by atoms with Gasteiger partial charge < -0.3 is 4.98 Å². The number of nitrogens with one attached hydrogen (secondary N) is 1. The number of allylic oxidation sites excluding steroid dienone is 2. The van der Waals surface area contributed by atoms with Crippen LogP contribution in [0.3, 0.4) is 0 Å². The normalized spacial score (nSPS) is 12.8. The average molecular weight is 871 g/mol. The van der Waals surface area contributed by atoms with Gasteiger partial charge in [0.25, 0.3) is 0 Å². The van der Waals surface area contributed by atoms with Gasteiger partial charge in [0.15, 0.2) is 0 Å². The van der Waals surface area contributed by atoms with Gasteiger partial charge in [-0.15, -0.1) is 0 Å². The molecular formula is C66H50N2. The standard InChI is InChI=1S/C66H50N2/c1-44-38-45(2)63(46(3)39-44)66(61-36-34-59(67-61)64-55(49-26-14-6-15-27-49)40-53(47-22-10-4-11-23-47)41-56(64)50-28-16-7-17-29-50)62-37-35-60(68-62)65-57(51-30-18-8-19-31-51)42-54(48-24-12-5-13-25-48)43-58(65)52-32-20-9-21-33-52/h4-43,67H,1-3H3/b66-62+. The van der Waals surface area contributed by atoms with Crippen LogP contribution in [0.1, 0.15) is 33.5 Å². The van der Waals surface area contributed by atoms with Gasteiger partial charge in [-0.2, -0.15) is 0 Å². The lowest BCUT2D eigenvalue weighted by molar-refractivity contribution is 1.25. The number of nitrogens with zero attached hydrogens (tertiary/aromatic N) is 1. The molecule has 0 aliphatic carbocycles. The summed E-state index contributed by atoms with van der Waals surface area (Å²) < 4.78 is 0. The Kier molecular flexibility index (Phi) is 11.4. The lowest BCUT2D eigenvalue weighted by Gasteiger charge is -2.19. The zero-order chi connectivity index (χ0) is 46.0. The molecule has 1 N–H and O–H groups in total. The lowest BCUT2D eigenvalue weighted by Crippen LogP contribution is -2.03. The smallest absolute Gasteiger partial charge is 0.0737 e. The zero-order valence-electron chi connectivity index (χ0n) is 38.5. The Morgan fingerprint density at radius 1 is 0.353 bits per heavy atom. The molecule has 2 nitrogen and oxygen atoms in total. The Morgan fingerprint density at radius 2 is 0.721 bits per heavy atom. The van der Waals surface area contributed by atoms with Crippen molar-refractivity contribution < 1.29 is 0 Å². The first-order chi connectivity index (χ1) is 33.5. The van der Waals surface area contributed by atoms with Crippen LogP contribution in [0.5, 0.6) is 0 Å². The number of rotatable bonds is 10. The molecule has 0 saturated carbocycles. The molecule has 0 amide bonds. The summed E-state index contributed by atoms with van der Waals surface area (Å²) in [4.78, 5) is 9.76. The van der Waals surface area contributed by atoms with E-state index in [1.54, 1.807) is 0 Å². The monoisotopic (exact) mass is 870 g/mol. The third-order valence-electron chi connectivity index (χ3n) is 13.1. The van der Waals surface area contributed by atoms with E-state index in [2.05, 4.69) is 268 Å². The highest BCUT2D eigenvalue weighted by atomic mass is 14.8. The fourth-order valence-electron chi connectivity index (χ4n) is 10.1. The molecule has 0 bridgehead atoms. The molecule has 324 valence electrons. The van der Waals surface area contributed by atoms with E-state index in [4.69, 9.17) is 4.99 Å². The SMILES string of the molecule is Cc1cc(C)c(/C(=C2\C=CC(c3c(-c4ccccc4)cc(-c4ccccc4)cc3-c3ccccc3)=N2)c2ccc(-c3c(-c4ccccc4)cc(-c4ccccc4)cc3-c3ccccc3)[nH]2)c(C)c1. The van der Waals surface area contributed by atoms with Crippen LogP contribution >= 0.6 is 0 Å². The molecule has 0 spiro atoms. The van der Waals surface area contributed by atoms with Gasteiger partial charge in [-0.1, -0.05) is 200 Å². The van der Waals surface area contributed by atoms with Crippen LogP contribution in [0.4, 0.5) is 0 Å². The molecule has 10 aromatic rings. The second-order valence-electron chi connectivity index (χ2n) is 17.7. The number of aromatic amines is 1. The lowest BCUT2D eigenvalue weighted by atomic mass is 9.86. The summed E-state index contributed by atoms with van der Waals surface area (Å²) in [6.45, 7) is 6.64. The fraction of sp³-hybridized carbons (Fsp3) is 0.0455. The van der Waals surface area contributed by atoms with Crippen molar-refractivity contribution in [2.45, 2.75) is 20.8 Å². The number of aromatic nitrogens is 1. The first-order valence-corrected chi connectivity index (χ1v) is 23.4. The van der Waals surface area contributed by atoms with Crippen molar-refractivity contribution >= 4 is 11.3 Å². The van der Waals surface area contributed by atoms with Crippen LogP contribution in [0.15, 0.2) is 253 Å². The zero-order valence-corrected chi connectivity index (χ0v) is 38.5. The molecule has 9 aromatic carbocycles. The van der Waals surface area contributed by atoms with E-state index in [0.29, 0.717) is 0 Å². The van der Waals surface area contributed by atoms with E-state index in [-0.39, 0.29) is 0 Å². The molecule has 2 heteroatoms. The van der Waals surface area contributed by atoms with Crippen LogP contribution in [-0.4, -0.2) is 10.7 Å². The Balaban J connectivity index is 1.16. The van der Waals surface area contributed by atoms with Crippen molar-refractivity contribution in [3.05, 3.63) is 282 Å². The van der Waals surface area contributed by atoms with Gasteiger partial charge in [0, 0.05) is 28.1 Å². The largest absolute Gasteiger partial charge is 0.354 e. The molecule has 1 aliphatic heterocycles. The number of aliphatic imine (C=N–C) groups is 1. The van der Waals surface area contributed by atoms with Gasteiger partial charge >= 0.3 is 0 Å². The second kappa shape index (κ2) is 18.4. The van der Waals surface area contributed by atoms with Crippen molar-refractivity contribution in [3.8, 4) is 78.0 Å². The maximum atomic E-state index is 5.71. The summed E-state index contributed by atoms with van der Waals surface area (Å²) in [6.07, 6.45) is 4.44. The molecule has 0 saturated heterocycles. The summed E-state index contributed by atoms with van der Waals surface area (Å²) in [5.74, 6) is 0. The molecular weight excluding hydrogens is 821 g/mol. The average Bonchev–Trinajstić information content (AvgIpc) is 4.09. The number of aryl methyl sites for hydroxylation is 3. The Bertz CT molecular complexity index is 3380. The van der Waals surface area contributed by atoms with Crippen molar-refractivity contribution in [1.82, 2.24) is 4.98 Å². The highest BCUT2D eigenvalue weighted by Crippen LogP contribution is 2.45. The van der Waals surface area contributed by atoms with E-state index in [1.165, 1.54) is 38.9 Å². The van der Waals surface area contributed by atoms with Gasteiger partial charge in [0.2, 0.25) is 0 Å². The molecule has 0 fully saturated rings. The minimum atomic E-state index is 0.916. The molecule has 11 rings (SSSR count). The maximum absolute atomic E-state index is 5.71. The Hall–Kier alpha value is -8.59. The van der Waals surface area contributed by atoms with Crippen LogP contribution in [-0.2, 0) is 0 Å². The summed E-state index contributed by atoms with van der Waals surface area (Å²) in [5.41, 5.74) is 26.0. The topological polar surface area (TPSA) is 28.1 Å². The Morgan fingerprint density at radius 3 is 1.12 bits per heavy atom. The predicted octanol–water partition coefficient (Wildman–Crippen LogP) is 17.4. The van der Waals surface area contributed by atoms with Gasteiger partial charge in [0.05, 0.1) is 11.4 Å². The van der Waals surface area contributed by atoms with E-state index in [1.807, 2.05) is 0 Å². The minimum Gasteiger partial charge on any atom is -0.354 e. The van der Waals surface area contributed by atoms with E-state index >= 15 is 0 Å². The number of H-pyrrole nitrogens is 1. The molecule has 0 unspecified atom stereocenters. The van der Waals surface area contributed by atoms with Crippen LogP contribution in [0.2, 0.25) is 0 Å². The predicted molar refractivity (Wildman–Crippen MR) is 288 cm³/mol. The fourth-order valence-corrected chi connectivity index (χ4v) is 10.1. The van der Waals surface area contributed by atoms with Crippen LogP contribution in [0, 0.1) is 20.8 Å². The van der Waals surface area contributed by atoms with Gasteiger partial charge in [-0.3, -0.25) is 0 Å². The molecule has 0 atom stereocenters. The Labute approximate surface area is 400 Å². The van der Waals surface area contributed by atoms with Gasteiger partial charge in [0.1, 0.15) is 0 Å². The van der Waals surface area contributed by atoms with Gasteiger partial charge in [-0.05, 0) is 153 Å². The number of benzene rings is 9. The van der Waals surface area contributed by atoms with Gasteiger partial charge in [-0.25, -0.2) is 4.99 Å². The highest BCUT2D eigenvalue weighted by Gasteiger charge is 2.26. The number of hydrogen-bond acceptors (Lipinski definition) is 1. The van der Waals surface area contributed by atoms with Crippen molar-refractivity contribution in [3.63, 3.8) is 0 Å². The molecule has 1 aliphatic rings. The molecule has 1 aromatic heterocycles. The maximum Gasteiger partial charge on any atom is 0.0737 e. The summed E-state index contributed by atoms with van der Waals surface area (Å²) >= 11 is 0. The summed E-state index contributed by atoms with van der Waals surface area (Å²) in [6, 6.07) is 83.0. The van der Waals surface area contributed by atoms with Crippen LogP contribution in [0.25, 0.3) is 83.6 Å². The van der Waals surface area contributed by atoms with Crippen LogP contribution < -0.4 is 0 Å². The van der Waals surface area contributed by atoms with E-state index in [0.717, 1.165) is 89.6 Å². The van der Waals surface area contributed by atoms with E-state index in [9.17, 15) is 0 Å². The third-order valence-corrected chi connectivity index (χ3v) is 13.1. The third kappa shape index (κ3) is 8.18. The summed E-state index contributed by atoms with van der Waals surface area (Å²) in [7, 11) is 0. The summed E-state index contributed by atoms with van der Waals surface area (Å²) in [5, 5.41) is 0.